The summed E-state index contributed by atoms with van der Waals surface area (Å²) < 4.78 is 0. The predicted molar refractivity (Wildman–Crippen MR) is 86.6 cm³/mol. The monoisotopic (exact) mass is 346 g/mol. The molecule has 1 atom stereocenters. The standard InChI is InChI=1S/C16H18N4O5/c21-14(18-7-1-2-8-18)10-19-15(22)13(17-16(19)23)9-11-3-5-12(6-4-11)20(24)25/h3-6,13H,1-2,7-10H2,(H,17,23). The summed E-state index contributed by atoms with van der Waals surface area (Å²) in [7, 11) is 0. The van der Waals surface area contributed by atoms with Gasteiger partial charge in [-0.05, 0) is 18.4 Å². The number of carbonyl (C=O) groups excluding carboxylic acids is 3. The second kappa shape index (κ2) is 6.88. The van der Waals surface area contributed by atoms with Gasteiger partial charge >= 0.3 is 6.03 Å². The third kappa shape index (κ3) is 3.59. The van der Waals surface area contributed by atoms with Crippen LogP contribution in [0.25, 0.3) is 0 Å². The van der Waals surface area contributed by atoms with Crippen LogP contribution in [0, 0.1) is 10.1 Å². The Bertz CT molecular complexity index is 712. The van der Waals surface area contributed by atoms with Gasteiger partial charge in [-0.2, -0.15) is 0 Å². The lowest BCUT2D eigenvalue weighted by molar-refractivity contribution is -0.384. The summed E-state index contributed by atoms with van der Waals surface area (Å²) >= 11 is 0. The number of carbonyl (C=O) groups is 3. The van der Waals surface area contributed by atoms with Gasteiger partial charge in [0.15, 0.2) is 0 Å². The van der Waals surface area contributed by atoms with E-state index in [0.29, 0.717) is 18.7 Å². The molecule has 1 unspecified atom stereocenters. The summed E-state index contributed by atoms with van der Waals surface area (Å²) in [6.45, 7) is 1.07. The third-order valence-electron chi connectivity index (χ3n) is 4.45. The van der Waals surface area contributed by atoms with Crippen molar-refractivity contribution in [1.82, 2.24) is 15.1 Å². The van der Waals surface area contributed by atoms with Crippen molar-refractivity contribution in [2.75, 3.05) is 19.6 Å². The normalized spacial score (nSPS) is 20.1. The summed E-state index contributed by atoms with van der Waals surface area (Å²) in [5, 5.41) is 13.2. The van der Waals surface area contributed by atoms with Crippen LogP contribution in [0.1, 0.15) is 18.4 Å². The van der Waals surface area contributed by atoms with Gasteiger partial charge in [0.25, 0.3) is 11.6 Å². The summed E-state index contributed by atoms with van der Waals surface area (Å²) in [4.78, 5) is 49.3. The number of hydrogen-bond donors (Lipinski definition) is 1. The lowest BCUT2D eigenvalue weighted by Gasteiger charge is -2.19. The van der Waals surface area contributed by atoms with E-state index in [1.165, 1.54) is 12.1 Å². The first-order valence-electron chi connectivity index (χ1n) is 8.08. The van der Waals surface area contributed by atoms with Gasteiger partial charge in [0.2, 0.25) is 5.91 Å². The van der Waals surface area contributed by atoms with E-state index in [2.05, 4.69) is 5.32 Å². The Morgan fingerprint density at radius 1 is 1.20 bits per heavy atom. The topological polar surface area (TPSA) is 113 Å². The van der Waals surface area contributed by atoms with E-state index in [1.54, 1.807) is 17.0 Å². The minimum atomic E-state index is -0.764. The van der Waals surface area contributed by atoms with Gasteiger partial charge in [-0.15, -0.1) is 0 Å². The molecular weight excluding hydrogens is 328 g/mol. The number of hydrogen-bond acceptors (Lipinski definition) is 5. The summed E-state index contributed by atoms with van der Waals surface area (Å²) in [6.07, 6.45) is 2.10. The Hall–Kier alpha value is -2.97. The Morgan fingerprint density at radius 3 is 2.44 bits per heavy atom. The molecule has 3 rings (SSSR count). The van der Waals surface area contributed by atoms with Crippen LogP contribution in [0.4, 0.5) is 10.5 Å². The van der Waals surface area contributed by atoms with E-state index in [4.69, 9.17) is 0 Å². The summed E-state index contributed by atoms with van der Waals surface area (Å²) in [6, 6.07) is 4.46. The average molecular weight is 346 g/mol. The number of urea groups is 1. The van der Waals surface area contributed by atoms with E-state index < -0.39 is 22.9 Å². The quantitative estimate of drug-likeness (QED) is 0.478. The molecule has 2 heterocycles. The fourth-order valence-electron chi connectivity index (χ4n) is 3.06. The molecule has 0 bridgehead atoms. The SMILES string of the molecule is O=C(CN1C(=O)NC(Cc2ccc([N+](=O)[O-])cc2)C1=O)N1CCCC1. The van der Waals surface area contributed by atoms with Gasteiger partial charge in [-0.1, -0.05) is 12.1 Å². The smallest absolute Gasteiger partial charge is 0.325 e. The molecule has 2 saturated heterocycles. The molecule has 1 N–H and O–H groups in total. The molecule has 2 aliphatic heterocycles. The number of nitro benzene ring substituents is 1. The van der Waals surface area contributed by atoms with Gasteiger partial charge in [0.1, 0.15) is 12.6 Å². The maximum Gasteiger partial charge on any atom is 0.325 e. The van der Waals surface area contributed by atoms with Crippen molar-refractivity contribution in [3.05, 3.63) is 39.9 Å². The van der Waals surface area contributed by atoms with Crippen LogP contribution < -0.4 is 5.32 Å². The van der Waals surface area contributed by atoms with Crippen LogP contribution in [0.15, 0.2) is 24.3 Å². The number of nitro groups is 1. The number of likely N-dealkylation sites (tertiary alicyclic amines) is 1. The van der Waals surface area contributed by atoms with Crippen molar-refractivity contribution < 1.29 is 19.3 Å². The van der Waals surface area contributed by atoms with E-state index in [-0.39, 0.29) is 24.6 Å². The van der Waals surface area contributed by atoms with Gasteiger partial charge in [0.05, 0.1) is 4.92 Å². The number of amides is 4. The lowest BCUT2D eigenvalue weighted by Crippen LogP contribution is -2.42. The van der Waals surface area contributed by atoms with Crippen LogP contribution in [0.3, 0.4) is 0 Å². The Kier molecular flexibility index (Phi) is 4.64. The minimum Gasteiger partial charge on any atom is -0.341 e. The van der Waals surface area contributed by atoms with Crippen molar-refractivity contribution in [3.8, 4) is 0 Å². The highest BCUT2D eigenvalue weighted by molar-refractivity contribution is 6.06. The molecule has 2 aliphatic rings. The fraction of sp³-hybridized carbons (Fsp3) is 0.438. The van der Waals surface area contributed by atoms with E-state index in [0.717, 1.165) is 17.7 Å². The molecule has 4 amide bonds. The van der Waals surface area contributed by atoms with Crippen LogP contribution in [0.2, 0.25) is 0 Å². The Balaban J connectivity index is 1.62. The van der Waals surface area contributed by atoms with E-state index >= 15 is 0 Å². The summed E-state index contributed by atoms with van der Waals surface area (Å²) in [5.41, 5.74) is 0.653. The molecule has 9 heteroatoms. The molecule has 25 heavy (non-hydrogen) atoms. The first-order chi connectivity index (χ1) is 12.0. The fourth-order valence-corrected chi connectivity index (χ4v) is 3.06. The molecule has 1 aromatic carbocycles. The van der Waals surface area contributed by atoms with Gasteiger partial charge in [0, 0.05) is 31.6 Å². The van der Waals surface area contributed by atoms with Crippen molar-refractivity contribution >= 4 is 23.5 Å². The van der Waals surface area contributed by atoms with Crippen LogP contribution in [-0.2, 0) is 16.0 Å². The number of nitrogens with one attached hydrogen (secondary N) is 1. The molecule has 0 radical (unpaired) electrons. The second-order valence-corrected chi connectivity index (χ2v) is 6.14. The zero-order chi connectivity index (χ0) is 18.0. The second-order valence-electron chi connectivity index (χ2n) is 6.14. The minimum absolute atomic E-state index is 0.0385. The van der Waals surface area contributed by atoms with Crippen LogP contribution in [0.5, 0.6) is 0 Å². The highest BCUT2D eigenvalue weighted by Gasteiger charge is 2.39. The van der Waals surface area contributed by atoms with Gasteiger partial charge in [-0.25, -0.2) is 4.79 Å². The first kappa shape index (κ1) is 16.9. The van der Waals surface area contributed by atoms with Gasteiger partial charge in [-0.3, -0.25) is 24.6 Å². The van der Waals surface area contributed by atoms with Crippen LogP contribution in [-0.4, -0.2) is 58.2 Å². The highest BCUT2D eigenvalue weighted by atomic mass is 16.6. The Morgan fingerprint density at radius 2 is 1.84 bits per heavy atom. The molecule has 0 aromatic heterocycles. The number of nitrogens with zero attached hydrogens (tertiary/aromatic N) is 3. The number of imide groups is 1. The zero-order valence-electron chi connectivity index (χ0n) is 13.5. The summed E-state index contributed by atoms with van der Waals surface area (Å²) in [5.74, 6) is -0.673. The zero-order valence-corrected chi connectivity index (χ0v) is 13.5. The van der Waals surface area contributed by atoms with E-state index in [1.807, 2.05) is 0 Å². The highest BCUT2D eigenvalue weighted by Crippen LogP contribution is 2.17. The number of non-ortho nitro benzene ring substituents is 1. The maximum absolute atomic E-state index is 12.4. The molecule has 1 aromatic rings. The van der Waals surface area contributed by atoms with Crippen molar-refractivity contribution in [1.29, 1.82) is 0 Å². The van der Waals surface area contributed by atoms with E-state index in [9.17, 15) is 24.5 Å². The molecule has 0 spiro atoms. The average Bonchev–Trinajstić information content (AvgIpc) is 3.20. The molecule has 2 fully saturated rings. The molecule has 9 nitrogen and oxygen atoms in total. The lowest BCUT2D eigenvalue weighted by atomic mass is 10.1. The van der Waals surface area contributed by atoms with Gasteiger partial charge < -0.3 is 10.2 Å². The molecular formula is C16H18N4O5. The Labute approximate surface area is 143 Å². The van der Waals surface area contributed by atoms with Crippen molar-refractivity contribution in [3.63, 3.8) is 0 Å². The number of rotatable bonds is 5. The maximum atomic E-state index is 12.4. The number of benzene rings is 1. The molecule has 132 valence electrons. The van der Waals surface area contributed by atoms with Crippen molar-refractivity contribution in [2.45, 2.75) is 25.3 Å². The largest absolute Gasteiger partial charge is 0.341 e. The predicted octanol–water partition coefficient (Wildman–Crippen LogP) is 0.680. The molecule has 0 saturated carbocycles. The first-order valence-corrected chi connectivity index (χ1v) is 8.08. The van der Waals surface area contributed by atoms with Crippen LogP contribution >= 0.6 is 0 Å². The third-order valence-corrected chi connectivity index (χ3v) is 4.45. The van der Waals surface area contributed by atoms with Crippen molar-refractivity contribution in [2.24, 2.45) is 0 Å². The molecule has 0 aliphatic carbocycles.